The van der Waals surface area contributed by atoms with Gasteiger partial charge in [0.15, 0.2) is 5.13 Å². The average Bonchev–Trinajstić information content (AvgIpc) is 2.92. The predicted octanol–water partition coefficient (Wildman–Crippen LogP) is 2.44. The average molecular weight is 316 g/mol. The Hall–Kier alpha value is -0.130. The van der Waals surface area contributed by atoms with Crippen molar-refractivity contribution in [2.75, 3.05) is 43.0 Å². The van der Waals surface area contributed by atoms with Gasteiger partial charge >= 0.3 is 0 Å². The quantitative estimate of drug-likeness (QED) is 0.796. The molecule has 0 bridgehead atoms. The molecule has 2 aliphatic rings. The topological polar surface area (TPSA) is 19.4 Å². The Morgan fingerprint density at radius 3 is 2.59 bits per heavy atom. The van der Waals surface area contributed by atoms with E-state index in [1.807, 2.05) is 6.20 Å². The maximum atomic E-state index is 4.39. The highest BCUT2D eigenvalue weighted by atomic mass is 79.9. The van der Waals surface area contributed by atoms with E-state index in [4.69, 9.17) is 0 Å². The molecule has 94 valence electrons. The summed E-state index contributed by atoms with van der Waals surface area (Å²) in [4.78, 5) is 9.42. The van der Waals surface area contributed by atoms with Crippen LogP contribution in [-0.4, -0.2) is 47.9 Å². The molecule has 2 heterocycles. The van der Waals surface area contributed by atoms with Crippen LogP contribution in [0.1, 0.15) is 12.8 Å². The molecule has 0 N–H and O–H groups in total. The van der Waals surface area contributed by atoms with Crippen molar-refractivity contribution in [1.82, 2.24) is 9.88 Å². The van der Waals surface area contributed by atoms with Crippen LogP contribution in [0.2, 0.25) is 0 Å². The smallest absolute Gasteiger partial charge is 0.185 e. The second-order valence-corrected chi connectivity index (χ2v) is 6.65. The van der Waals surface area contributed by atoms with Crippen molar-refractivity contribution in [3.63, 3.8) is 0 Å². The van der Waals surface area contributed by atoms with Crippen molar-refractivity contribution < 1.29 is 0 Å². The zero-order valence-corrected chi connectivity index (χ0v) is 12.3. The summed E-state index contributed by atoms with van der Waals surface area (Å²) < 4.78 is 0. The lowest BCUT2D eigenvalue weighted by Gasteiger charge is -2.36. The highest BCUT2D eigenvalue weighted by molar-refractivity contribution is 9.09. The number of nitrogens with zero attached hydrogens (tertiary/aromatic N) is 3. The molecule has 2 fully saturated rings. The van der Waals surface area contributed by atoms with Crippen molar-refractivity contribution >= 4 is 32.4 Å². The number of aromatic nitrogens is 1. The first-order valence-corrected chi connectivity index (χ1v) is 8.24. The van der Waals surface area contributed by atoms with E-state index in [1.165, 1.54) is 42.9 Å². The summed E-state index contributed by atoms with van der Waals surface area (Å²) in [5.41, 5.74) is 0.614. The minimum atomic E-state index is 0.614. The molecule has 1 saturated heterocycles. The van der Waals surface area contributed by atoms with Crippen LogP contribution in [0.15, 0.2) is 11.6 Å². The van der Waals surface area contributed by atoms with Gasteiger partial charge in [0.2, 0.25) is 0 Å². The first-order valence-electron chi connectivity index (χ1n) is 6.24. The van der Waals surface area contributed by atoms with E-state index >= 15 is 0 Å². The zero-order valence-electron chi connectivity index (χ0n) is 9.94. The van der Waals surface area contributed by atoms with Crippen LogP contribution in [0.5, 0.6) is 0 Å². The number of hydrogen-bond donors (Lipinski definition) is 0. The lowest BCUT2D eigenvalue weighted by atomic mass is 10.1. The van der Waals surface area contributed by atoms with Gasteiger partial charge in [-0.1, -0.05) is 15.9 Å². The highest BCUT2D eigenvalue weighted by Crippen LogP contribution is 2.47. The van der Waals surface area contributed by atoms with Crippen molar-refractivity contribution in [2.45, 2.75) is 12.8 Å². The zero-order chi connectivity index (χ0) is 11.7. The number of alkyl halides is 1. The molecule has 3 rings (SSSR count). The minimum Gasteiger partial charge on any atom is -0.346 e. The minimum absolute atomic E-state index is 0.614. The van der Waals surface area contributed by atoms with Gasteiger partial charge in [-0.05, 0) is 18.3 Å². The molecule has 1 aliphatic carbocycles. The number of piperazine rings is 1. The maximum Gasteiger partial charge on any atom is 0.185 e. The van der Waals surface area contributed by atoms with Gasteiger partial charge in [-0.25, -0.2) is 4.98 Å². The Bertz CT molecular complexity index is 356. The lowest BCUT2D eigenvalue weighted by Crippen LogP contribution is -2.48. The van der Waals surface area contributed by atoms with Gasteiger partial charge in [0, 0.05) is 49.6 Å². The molecule has 1 aliphatic heterocycles. The molecule has 1 saturated carbocycles. The van der Waals surface area contributed by atoms with Gasteiger partial charge in [-0.2, -0.15) is 0 Å². The van der Waals surface area contributed by atoms with Crippen molar-refractivity contribution in [2.24, 2.45) is 5.41 Å². The maximum absolute atomic E-state index is 4.39. The summed E-state index contributed by atoms with van der Waals surface area (Å²) in [6, 6.07) is 0. The van der Waals surface area contributed by atoms with Crippen LogP contribution in [0, 0.1) is 5.41 Å². The van der Waals surface area contributed by atoms with Gasteiger partial charge in [0.1, 0.15) is 0 Å². The standard InChI is InChI=1S/C12H18BrN3S/c13-9-12(1-2-12)10-15-4-6-16(7-5-15)11-14-3-8-17-11/h3,8H,1-2,4-7,9-10H2. The van der Waals surface area contributed by atoms with E-state index in [1.54, 1.807) is 11.3 Å². The van der Waals surface area contributed by atoms with Gasteiger partial charge in [-0.15, -0.1) is 11.3 Å². The third-order valence-corrected chi connectivity index (χ3v) is 5.88. The summed E-state index contributed by atoms with van der Waals surface area (Å²) in [7, 11) is 0. The third kappa shape index (κ3) is 2.66. The fourth-order valence-electron chi connectivity index (χ4n) is 2.45. The van der Waals surface area contributed by atoms with Crippen LogP contribution >= 0.6 is 27.3 Å². The molecule has 0 spiro atoms. The van der Waals surface area contributed by atoms with E-state index in [-0.39, 0.29) is 0 Å². The molecule has 3 nitrogen and oxygen atoms in total. The third-order valence-electron chi connectivity index (χ3n) is 3.86. The molecular weight excluding hydrogens is 298 g/mol. The summed E-state index contributed by atoms with van der Waals surface area (Å²) in [5, 5.41) is 4.42. The summed E-state index contributed by atoms with van der Waals surface area (Å²) >= 11 is 5.41. The van der Waals surface area contributed by atoms with Crippen LogP contribution in [0.3, 0.4) is 0 Å². The summed E-state index contributed by atoms with van der Waals surface area (Å²) in [5.74, 6) is 0. The van der Waals surface area contributed by atoms with E-state index in [0.29, 0.717) is 5.41 Å². The molecule has 0 amide bonds. The van der Waals surface area contributed by atoms with Crippen molar-refractivity contribution in [3.8, 4) is 0 Å². The molecule has 0 unspecified atom stereocenters. The van der Waals surface area contributed by atoms with Crippen LogP contribution in [0.25, 0.3) is 0 Å². The molecule has 5 heteroatoms. The largest absolute Gasteiger partial charge is 0.346 e. The fourth-order valence-corrected chi connectivity index (χ4v) is 3.89. The van der Waals surface area contributed by atoms with Gasteiger partial charge in [0.05, 0.1) is 0 Å². The summed E-state index contributed by atoms with van der Waals surface area (Å²) in [6.07, 6.45) is 4.71. The van der Waals surface area contributed by atoms with Crippen LogP contribution in [-0.2, 0) is 0 Å². The number of rotatable bonds is 4. The van der Waals surface area contributed by atoms with E-state index in [9.17, 15) is 0 Å². The Morgan fingerprint density at radius 2 is 2.06 bits per heavy atom. The molecule has 1 aromatic heterocycles. The molecule has 0 aromatic carbocycles. The Labute approximate surface area is 115 Å². The van der Waals surface area contributed by atoms with Gasteiger partial charge in [0.25, 0.3) is 0 Å². The van der Waals surface area contributed by atoms with Gasteiger partial charge < -0.3 is 4.90 Å². The molecular formula is C12H18BrN3S. The van der Waals surface area contributed by atoms with Crippen molar-refractivity contribution in [1.29, 1.82) is 0 Å². The molecule has 17 heavy (non-hydrogen) atoms. The highest BCUT2D eigenvalue weighted by Gasteiger charge is 2.43. The second kappa shape index (κ2) is 4.86. The number of anilines is 1. The normalized spacial score (nSPS) is 23.9. The molecule has 0 radical (unpaired) electrons. The number of halogens is 1. The van der Waals surface area contributed by atoms with Crippen LogP contribution < -0.4 is 4.90 Å². The monoisotopic (exact) mass is 315 g/mol. The lowest BCUT2D eigenvalue weighted by molar-refractivity contribution is 0.218. The molecule has 0 atom stereocenters. The summed E-state index contributed by atoms with van der Waals surface area (Å²) in [6.45, 7) is 5.92. The molecule has 1 aromatic rings. The van der Waals surface area contributed by atoms with E-state index in [0.717, 1.165) is 13.1 Å². The van der Waals surface area contributed by atoms with Crippen LogP contribution in [0.4, 0.5) is 5.13 Å². The van der Waals surface area contributed by atoms with Gasteiger partial charge in [-0.3, -0.25) is 4.90 Å². The number of hydrogen-bond acceptors (Lipinski definition) is 4. The Morgan fingerprint density at radius 1 is 1.29 bits per heavy atom. The first kappa shape index (κ1) is 11.9. The first-order chi connectivity index (χ1) is 8.31. The SMILES string of the molecule is BrCC1(CN2CCN(c3nccs3)CC2)CC1. The number of thiazole rings is 1. The Kier molecular flexibility index (Phi) is 3.41. The Balaban J connectivity index is 1.51. The van der Waals surface area contributed by atoms with E-state index < -0.39 is 0 Å². The predicted molar refractivity (Wildman–Crippen MR) is 76.2 cm³/mol. The van der Waals surface area contributed by atoms with E-state index in [2.05, 4.69) is 36.1 Å². The fraction of sp³-hybridized carbons (Fsp3) is 0.750. The second-order valence-electron chi connectivity index (χ2n) is 5.21. The van der Waals surface area contributed by atoms with Crippen molar-refractivity contribution in [3.05, 3.63) is 11.6 Å².